The lowest BCUT2D eigenvalue weighted by Gasteiger charge is -2.23. The van der Waals surface area contributed by atoms with E-state index in [2.05, 4.69) is 15.5 Å². The molecule has 7 heteroatoms. The van der Waals surface area contributed by atoms with Gasteiger partial charge in [0.15, 0.2) is 5.69 Å². The number of amides is 1. The Morgan fingerprint density at radius 2 is 2.00 bits per heavy atom. The number of rotatable bonds is 6. The number of hydrogen-bond acceptors (Lipinski definition) is 5. The molecule has 1 heterocycles. The van der Waals surface area contributed by atoms with Gasteiger partial charge in [0.1, 0.15) is 5.82 Å². The molecule has 1 amide bonds. The summed E-state index contributed by atoms with van der Waals surface area (Å²) in [4.78, 5) is 22.1. The Balaban J connectivity index is 2.63. The van der Waals surface area contributed by atoms with Crippen LogP contribution >= 0.6 is 0 Å². The number of nitrogens with zero attached hydrogens (tertiary/aromatic N) is 2. The number of nitrogens with two attached hydrogens (primary N) is 1. The molecule has 0 aliphatic heterocycles. The van der Waals surface area contributed by atoms with Crippen molar-refractivity contribution in [1.82, 2.24) is 10.2 Å². The summed E-state index contributed by atoms with van der Waals surface area (Å²) < 4.78 is 0. The van der Waals surface area contributed by atoms with Crippen molar-refractivity contribution in [2.45, 2.75) is 27.2 Å². The molecule has 0 fully saturated rings. The molecular weight excluding hydrogens is 260 g/mol. The highest BCUT2D eigenvalue weighted by Crippen LogP contribution is 2.24. The molecular formula is C13H20N4O3. The van der Waals surface area contributed by atoms with Gasteiger partial charge in [0.25, 0.3) is 5.91 Å². The SMILES string of the molecule is CC(C)(C)CC(CNc1ccc(C(N)=O)nn1)C(=O)O. The highest BCUT2D eigenvalue weighted by atomic mass is 16.4. The van der Waals surface area contributed by atoms with E-state index in [9.17, 15) is 14.7 Å². The van der Waals surface area contributed by atoms with Crippen molar-refractivity contribution in [1.29, 1.82) is 0 Å². The van der Waals surface area contributed by atoms with E-state index in [1.807, 2.05) is 20.8 Å². The van der Waals surface area contributed by atoms with Crippen LogP contribution in [0.3, 0.4) is 0 Å². The minimum Gasteiger partial charge on any atom is -0.481 e. The topological polar surface area (TPSA) is 118 Å². The molecule has 0 bridgehead atoms. The lowest BCUT2D eigenvalue weighted by Crippen LogP contribution is -2.27. The highest BCUT2D eigenvalue weighted by molar-refractivity contribution is 5.90. The van der Waals surface area contributed by atoms with E-state index in [4.69, 9.17) is 5.73 Å². The first-order chi connectivity index (χ1) is 9.19. The van der Waals surface area contributed by atoms with Gasteiger partial charge in [-0.05, 0) is 24.0 Å². The Hall–Kier alpha value is -2.18. The van der Waals surface area contributed by atoms with Crippen LogP contribution in [0.2, 0.25) is 0 Å². The van der Waals surface area contributed by atoms with E-state index in [-0.39, 0.29) is 17.7 Å². The highest BCUT2D eigenvalue weighted by Gasteiger charge is 2.24. The first kappa shape index (κ1) is 15.9. The summed E-state index contributed by atoms with van der Waals surface area (Å²) in [7, 11) is 0. The fourth-order valence-corrected chi connectivity index (χ4v) is 1.77. The molecule has 4 N–H and O–H groups in total. The van der Waals surface area contributed by atoms with Crippen LogP contribution in [-0.2, 0) is 4.79 Å². The standard InChI is InChI=1S/C13H20N4O3/c1-13(2,3)6-8(12(19)20)7-15-10-5-4-9(11(14)18)16-17-10/h4-5,8H,6-7H2,1-3H3,(H2,14,18)(H,15,17)(H,19,20). The maximum absolute atomic E-state index is 11.2. The van der Waals surface area contributed by atoms with Gasteiger partial charge >= 0.3 is 5.97 Å². The largest absolute Gasteiger partial charge is 0.481 e. The minimum absolute atomic E-state index is 0.0695. The third kappa shape index (κ3) is 5.21. The number of aromatic nitrogens is 2. The first-order valence-corrected chi connectivity index (χ1v) is 6.29. The molecule has 7 nitrogen and oxygen atoms in total. The van der Waals surface area contributed by atoms with Crippen molar-refractivity contribution < 1.29 is 14.7 Å². The summed E-state index contributed by atoms with van der Waals surface area (Å²) in [6.07, 6.45) is 0.544. The van der Waals surface area contributed by atoms with Gasteiger partial charge in [-0.2, -0.15) is 0 Å². The van der Waals surface area contributed by atoms with E-state index in [0.717, 1.165) is 0 Å². The van der Waals surface area contributed by atoms with Crippen LogP contribution in [0.25, 0.3) is 0 Å². The Morgan fingerprint density at radius 1 is 1.35 bits per heavy atom. The monoisotopic (exact) mass is 280 g/mol. The summed E-state index contributed by atoms with van der Waals surface area (Å²) >= 11 is 0. The maximum Gasteiger partial charge on any atom is 0.308 e. The van der Waals surface area contributed by atoms with Crippen LogP contribution in [0.1, 0.15) is 37.7 Å². The summed E-state index contributed by atoms with van der Waals surface area (Å²) in [5.74, 6) is -1.61. The molecule has 1 unspecified atom stereocenters. The van der Waals surface area contributed by atoms with Gasteiger partial charge in [0.2, 0.25) is 0 Å². The molecule has 0 spiro atoms. The lowest BCUT2D eigenvalue weighted by atomic mass is 9.84. The third-order valence-corrected chi connectivity index (χ3v) is 2.65. The van der Waals surface area contributed by atoms with Gasteiger partial charge in [0, 0.05) is 6.54 Å². The molecule has 110 valence electrons. The normalized spacial score (nSPS) is 12.8. The molecule has 0 radical (unpaired) electrons. The molecule has 0 aliphatic carbocycles. The van der Waals surface area contributed by atoms with E-state index < -0.39 is 17.8 Å². The zero-order valence-electron chi connectivity index (χ0n) is 11.9. The molecule has 0 aliphatic rings. The van der Waals surface area contributed by atoms with Crippen LogP contribution in [0, 0.1) is 11.3 Å². The smallest absolute Gasteiger partial charge is 0.308 e. The average Bonchev–Trinajstić information content (AvgIpc) is 2.33. The van der Waals surface area contributed by atoms with Crippen LogP contribution in [0.5, 0.6) is 0 Å². The van der Waals surface area contributed by atoms with Crippen LogP contribution < -0.4 is 11.1 Å². The van der Waals surface area contributed by atoms with Crippen molar-refractivity contribution in [2.75, 3.05) is 11.9 Å². The Labute approximate surface area is 117 Å². The Bertz CT molecular complexity index is 479. The van der Waals surface area contributed by atoms with E-state index in [1.54, 1.807) is 6.07 Å². The quantitative estimate of drug-likeness (QED) is 0.718. The molecule has 1 rings (SSSR count). The Kier molecular flexibility index (Phi) is 5.01. The summed E-state index contributed by atoms with van der Waals surface area (Å²) in [6.45, 7) is 6.22. The molecule has 0 aromatic carbocycles. The predicted molar refractivity (Wildman–Crippen MR) is 74.2 cm³/mol. The van der Waals surface area contributed by atoms with Gasteiger partial charge in [-0.3, -0.25) is 9.59 Å². The number of nitrogens with one attached hydrogen (secondary N) is 1. The number of anilines is 1. The van der Waals surface area contributed by atoms with E-state index in [0.29, 0.717) is 12.2 Å². The molecule has 1 atom stereocenters. The van der Waals surface area contributed by atoms with Gasteiger partial charge in [0.05, 0.1) is 5.92 Å². The van der Waals surface area contributed by atoms with Gasteiger partial charge in [-0.15, -0.1) is 10.2 Å². The fraction of sp³-hybridized carbons (Fsp3) is 0.538. The van der Waals surface area contributed by atoms with E-state index >= 15 is 0 Å². The number of carboxylic acids is 1. The molecule has 1 aromatic rings. The summed E-state index contributed by atoms with van der Waals surface area (Å²) in [6, 6.07) is 2.99. The van der Waals surface area contributed by atoms with Crippen molar-refractivity contribution in [2.24, 2.45) is 17.1 Å². The van der Waals surface area contributed by atoms with Gasteiger partial charge in [-0.1, -0.05) is 20.8 Å². The van der Waals surface area contributed by atoms with Crippen molar-refractivity contribution in [3.8, 4) is 0 Å². The number of carboxylic acid groups (broad SMARTS) is 1. The van der Waals surface area contributed by atoms with Crippen molar-refractivity contribution in [3.05, 3.63) is 17.8 Å². The van der Waals surface area contributed by atoms with Gasteiger partial charge in [-0.25, -0.2) is 0 Å². The molecule has 0 saturated heterocycles. The third-order valence-electron chi connectivity index (χ3n) is 2.65. The first-order valence-electron chi connectivity index (χ1n) is 6.29. The minimum atomic E-state index is -0.853. The van der Waals surface area contributed by atoms with E-state index in [1.165, 1.54) is 6.07 Å². The number of carbonyl (C=O) groups is 2. The molecule has 0 saturated carbocycles. The number of hydrogen-bond donors (Lipinski definition) is 3. The number of aliphatic carboxylic acids is 1. The Morgan fingerprint density at radius 3 is 2.40 bits per heavy atom. The number of carbonyl (C=O) groups excluding carboxylic acids is 1. The van der Waals surface area contributed by atoms with Crippen LogP contribution in [-0.4, -0.2) is 33.7 Å². The fourth-order valence-electron chi connectivity index (χ4n) is 1.77. The molecule has 20 heavy (non-hydrogen) atoms. The predicted octanol–water partition coefficient (Wildman–Crippen LogP) is 1.12. The van der Waals surface area contributed by atoms with Gasteiger partial charge < -0.3 is 16.2 Å². The second-order valence-electron chi connectivity index (χ2n) is 5.85. The summed E-state index contributed by atoms with van der Waals surface area (Å²) in [5.41, 5.74) is 5.05. The van der Waals surface area contributed by atoms with Crippen LogP contribution in [0.15, 0.2) is 12.1 Å². The maximum atomic E-state index is 11.2. The van der Waals surface area contributed by atoms with Crippen molar-refractivity contribution >= 4 is 17.7 Å². The zero-order chi connectivity index (χ0) is 15.3. The zero-order valence-corrected chi connectivity index (χ0v) is 11.9. The lowest BCUT2D eigenvalue weighted by molar-refractivity contribution is -0.142. The second-order valence-corrected chi connectivity index (χ2v) is 5.85. The van der Waals surface area contributed by atoms with Crippen LogP contribution in [0.4, 0.5) is 5.82 Å². The summed E-state index contributed by atoms with van der Waals surface area (Å²) in [5, 5.41) is 19.5. The second kappa shape index (κ2) is 6.31. The molecule has 1 aromatic heterocycles. The number of primary amides is 1. The average molecular weight is 280 g/mol. The van der Waals surface area contributed by atoms with Crippen molar-refractivity contribution in [3.63, 3.8) is 0 Å².